The van der Waals surface area contributed by atoms with Crippen molar-refractivity contribution in [1.29, 1.82) is 0 Å². The third-order valence-electron chi connectivity index (χ3n) is 2.31. The molecule has 0 aliphatic carbocycles. The number of carbonyl (C=O) groups is 1. The molecule has 1 saturated heterocycles. The third kappa shape index (κ3) is 2.90. The highest BCUT2D eigenvalue weighted by molar-refractivity contribution is 5.70. The minimum Gasteiger partial charge on any atom is -0.394 e. The van der Waals surface area contributed by atoms with Crippen LogP contribution in [0.5, 0.6) is 0 Å². The summed E-state index contributed by atoms with van der Waals surface area (Å²) in [6, 6.07) is -1.37. The number of ether oxygens (including phenoxy) is 1. The summed E-state index contributed by atoms with van der Waals surface area (Å²) in [5.41, 5.74) is 4.71. The summed E-state index contributed by atoms with van der Waals surface area (Å²) in [7, 11) is 0. The van der Waals surface area contributed by atoms with Gasteiger partial charge in [0.2, 0.25) is 6.29 Å². The molecule has 1 aliphatic rings. The van der Waals surface area contributed by atoms with Crippen molar-refractivity contribution >= 4 is 6.03 Å². The molecule has 11 heteroatoms. The van der Waals surface area contributed by atoms with Crippen LogP contribution in [0.15, 0.2) is 5.29 Å². The molecule has 0 saturated carbocycles. The number of aliphatic hydroxyl groups excluding tert-OH is 4. The van der Waals surface area contributed by atoms with Crippen LogP contribution in [-0.2, 0) is 9.57 Å². The number of nitroso groups, excluding NO2 is 1. The van der Waals surface area contributed by atoms with E-state index in [0.29, 0.717) is 0 Å². The molecule has 6 N–H and O–H groups in total. The highest BCUT2D eigenvalue weighted by Gasteiger charge is 2.45. The van der Waals surface area contributed by atoms with Gasteiger partial charge in [0, 0.05) is 0 Å². The predicted molar refractivity (Wildman–Crippen MR) is 52.1 cm³/mol. The predicted octanol–water partition coefficient (Wildman–Crippen LogP) is -3.22. The molecule has 0 aromatic rings. The number of nitrogens with two attached hydrogens (primary N) is 1. The second-order valence-corrected chi connectivity index (χ2v) is 3.50. The number of aliphatic hydroxyl groups is 4. The fourth-order valence-electron chi connectivity index (χ4n) is 1.36. The topological polar surface area (TPSA) is 175 Å². The van der Waals surface area contributed by atoms with Gasteiger partial charge in [-0.15, -0.1) is 4.91 Å². The molecule has 1 aliphatic heterocycles. The van der Waals surface area contributed by atoms with Crippen LogP contribution >= 0.6 is 0 Å². The molecule has 1 heterocycles. The first-order valence-corrected chi connectivity index (χ1v) is 4.82. The number of carbonyl (C=O) groups excluding carboxylic acids is 1. The molecule has 1 rings (SSSR count). The van der Waals surface area contributed by atoms with E-state index < -0.39 is 43.3 Å². The van der Waals surface area contributed by atoms with Gasteiger partial charge in [-0.1, -0.05) is 0 Å². The van der Waals surface area contributed by atoms with E-state index in [1.54, 1.807) is 0 Å². The van der Waals surface area contributed by atoms with Gasteiger partial charge >= 0.3 is 6.03 Å². The lowest BCUT2D eigenvalue weighted by Crippen LogP contribution is -2.60. The van der Waals surface area contributed by atoms with Crippen molar-refractivity contribution in [3.05, 3.63) is 4.91 Å². The average molecular weight is 267 g/mol. The van der Waals surface area contributed by atoms with E-state index in [0.717, 1.165) is 0 Å². The van der Waals surface area contributed by atoms with E-state index in [-0.39, 0.29) is 5.17 Å². The minimum absolute atomic E-state index is 0.202. The first kappa shape index (κ1) is 14.7. The number of hydrogen-bond donors (Lipinski definition) is 5. The van der Waals surface area contributed by atoms with Crippen molar-refractivity contribution in [1.82, 2.24) is 5.17 Å². The summed E-state index contributed by atoms with van der Waals surface area (Å²) in [4.78, 5) is 25.3. The zero-order valence-electron chi connectivity index (χ0n) is 8.99. The summed E-state index contributed by atoms with van der Waals surface area (Å²) in [6.07, 6.45) is -8.01. The zero-order chi connectivity index (χ0) is 13.9. The molecule has 11 nitrogen and oxygen atoms in total. The third-order valence-corrected chi connectivity index (χ3v) is 2.31. The number of primary amides is 1. The van der Waals surface area contributed by atoms with Gasteiger partial charge < -0.3 is 30.9 Å². The summed E-state index contributed by atoms with van der Waals surface area (Å²) in [6.45, 7) is -0.685. The molecule has 104 valence electrons. The maximum Gasteiger partial charge on any atom is 0.363 e. The second-order valence-electron chi connectivity index (χ2n) is 3.50. The van der Waals surface area contributed by atoms with Crippen LogP contribution in [-0.4, -0.2) is 68.9 Å². The highest BCUT2D eigenvalue weighted by atomic mass is 16.8. The fraction of sp³-hybridized carbons (Fsp3) is 0.857. The van der Waals surface area contributed by atoms with Crippen molar-refractivity contribution in [2.75, 3.05) is 6.61 Å². The molecule has 0 aromatic carbocycles. The number of hydroxylamine groups is 1. The Morgan fingerprint density at radius 1 is 1.33 bits per heavy atom. The molecule has 5 atom stereocenters. The summed E-state index contributed by atoms with van der Waals surface area (Å²) < 4.78 is 4.83. The Morgan fingerprint density at radius 3 is 2.39 bits per heavy atom. The van der Waals surface area contributed by atoms with Crippen LogP contribution in [0.2, 0.25) is 0 Å². The maximum atomic E-state index is 10.6. The number of nitrogens with zero attached hydrogens (tertiary/aromatic N) is 2. The van der Waals surface area contributed by atoms with Crippen LogP contribution in [0.1, 0.15) is 0 Å². The quantitative estimate of drug-likeness (QED) is 0.261. The largest absolute Gasteiger partial charge is 0.394 e. The van der Waals surface area contributed by atoms with Crippen LogP contribution in [0.4, 0.5) is 4.79 Å². The lowest BCUT2D eigenvalue weighted by atomic mass is 9.99. The van der Waals surface area contributed by atoms with E-state index >= 15 is 0 Å². The van der Waals surface area contributed by atoms with E-state index in [9.17, 15) is 25.0 Å². The second kappa shape index (κ2) is 5.99. The summed E-state index contributed by atoms with van der Waals surface area (Å²) >= 11 is 0. The van der Waals surface area contributed by atoms with Crippen molar-refractivity contribution < 1.29 is 34.8 Å². The van der Waals surface area contributed by atoms with Gasteiger partial charge in [-0.3, -0.25) is 0 Å². The van der Waals surface area contributed by atoms with Crippen LogP contribution in [0.3, 0.4) is 0 Å². The highest BCUT2D eigenvalue weighted by Crippen LogP contribution is 2.22. The zero-order valence-corrected chi connectivity index (χ0v) is 8.99. The molecule has 2 amide bonds. The van der Waals surface area contributed by atoms with Crippen molar-refractivity contribution in [2.45, 2.75) is 30.7 Å². The molecular weight excluding hydrogens is 254 g/mol. The Kier molecular flexibility index (Phi) is 4.89. The van der Waals surface area contributed by atoms with Gasteiger partial charge in [0.1, 0.15) is 24.4 Å². The minimum atomic E-state index is -1.77. The molecule has 0 spiro atoms. The van der Waals surface area contributed by atoms with Gasteiger partial charge in [0.25, 0.3) is 0 Å². The van der Waals surface area contributed by atoms with Gasteiger partial charge in [-0.05, 0) is 5.17 Å². The maximum absolute atomic E-state index is 10.6. The Labute approximate surface area is 100 Å². The van der Waals surface area contributed by atoms with Crippen molar-refractivity contribution in [2.24, 2.45) is 11.0 Å². The summed E-state index contributed by atoms with van der Waals surface area (Å²) in [5.74, 6) is 0. The Morgan fingerprint density at radius 2 is 1.94 bits per heavy atom. The Bertz CT molecular complexity index is 313. The average Bonchev–Trinajstić information content (AvgIpc) is 2.35. The monoisotopic (exact) mass is 267 g/mol. The first-order chi connectivity index (χ1) is 8.42. The SMILES string of the molecule is NC(=O)N(N=O)O[C@H]1O[C@H](CO)[C@@H](O)[C@H](O)[C@H]1O. The lowest BCUT2D eigenvalue weighted by molar-refractivity contribution is -0.349. The van der Waals surface area contributed by atoms with E-state index in [1.807, 2.05) is 0 Å². The Hall–Kier alpha value is -1.37. The number of rotatable bonds is 4. The molecular formula is C7H13N3O8. The first-order valence-electron chi connectivity index (χ1n) is 4.82. The van der Waals surface area contributed by atoms with E-state index in [2.05, 4.69) is 10.1 Å². The standard InChI is InChI=1S/C7H13N3O8/c8-7(15)10(9-16)18-6-5(14)4(13)3(12)2(1-11)17-6/h2-6,11-14H,1H2,(H2,8,15)/t2-,3-,4+,5-,6-/m1/s1. The summed E-state index contributed by atoms with van der Waals surface area (Å²) in [5, 5.41) is 39.1. The van der Waals surface area contributed by atoms with Gasteiger partial charge in [0.05, 0.1) is 11.9 Å². The molecule has 18 heavy (non-hydrogen) atoms. The number of hydrogen-bond acceptors (Lipinski definition) is 9. The van der Waals surface area contributed by atoms with Crippen LogP contribution in [0.25, 0.3) is 0 Å². The van der Waals surface area contributed by atoms with Gasteiger partial charge in [0.15, 0.2) is 0 Å². The molecule has 0 bridgehead atoms. The molecule has 1 fully saturated rings. The fourth-order valence-corrected chi connectivity index (χ4v) is 1.36. The van der Waals surface area contributed by atoms with E-state index in [1.165, 1.54) is 0 Å². The lowest BCUT2D eigenvalue weighted by Gasteiger charge is -2.39. The molecule has 0 radical (unpaired) electrons. The Balaban J connectivity index is 2.75. The van der Waals surface area contributed by atoms with Crippen LogP contribution in [0, 0.1) is 4.91 Å². The normalized spacial score (nSPS) is 36.1. The number of urea groups is 1. The molecule has 0 aromatic heterocycles. The van der Waals surface area contributed by atoms with Gasteiger partial charge in [-0.25, -0.2) is 9.63 Å². The molecule has 0 unspecified atom stereocenters. The van der Waals surface area contributed by atoms with Crippen molar-refractivity contribution in [3.63, 3.8) is 0 Å². The van der Waals surface area contributed by atoms with Crippen LogP contribution < -0.4 is 5.73 Å². The van der Waals surface area contributed by atoms with Crippen molar-refractivity contribution in [3.8, 4) is 0 Å². The van der Waals surface area contributed by atoms with E-state index in [4.69, 9.17) is 15.6 Å². The van der Waals surface area contributed by atoms with Gasteiger partial charge in [-0.2, -0.15) is 0 Å². The smallest absolute Gasteiger partial charge is 0.363 e. The number of amides is 2.